The second kappa shape index (κ2) is 13.8. The van der Waals surface area contributed by atoms with Crippen molar-refractivity contribution in [2.75, 3.05) is 52.9 Å². The van der Waals surface area contributed by atoms with E-state index in [0.717, 1.165) is 44.1 Å². The zero-order chi connectivity index (χ0) is 20.1. The maximum absolute atomic E-state index is 5.25. The van der Waals surface area contributed by atoms with Crippen LogP contribution in [0.1, 0.15) is 33.6 Å². The van der Waals surface area contributed by atoms with Gasteiger partial charge in [-0.3, -0.25) is 10.9 Å². The summed E-state index contributed by atoms with van der Waals surface area (Å²) >= 11 is 10.5. The number of thiocarbonyl (C=S) groups is 2. The molecular weight excluding hydrogens is 380 g/mol. The SMILES string of the molecule is CCN(C)CCNC(=S)N/N=C(C)/C(C)=N/NC(=S)NCCN1CCCC1. The van der Waals surface area contributed by atoms with E-state index in [1.165, 1.54) is 25.9 Å². The third-order valence-electron chi connectivity index (χ3n) is 4.41. The monoisotopic (exact) mass is 414 g/mol. The Morgan fingerprint density at radius 1 is 0.963 bits per heavy atom. The molecule has 0 saturated carbocycles. The lowest BCUT2D eigenvalue weighted by Crippen LogP contribution is -2.38. The van der Waals surface area contributed by atoms with E-state index in [0.29, 0.717) is 10.2 Å². The smallest absolute Gasteiger partial charge is 0.187 e. The first kappa shape index (κ1) is 23.7. The largest absolute Gasteiger partial charge is 0.360 e. The van der Waals surface area contributed by atoms with Gasteiger partial charge in [-0.15, -0.1) is 0 Å². The quantitative estimate of drug-likeness (QED) is 0.237. The molecule has 1 fully saturated rings. The Hall–Kier alpha value is -1.36. The van der Waals surface area contributed by atoms with Gasteiger partial charge >= 0.3 is 0 Å². The second-order valence-corrected chi connectivity index (χ2v) is 7.39. The molecule has 0 aromatic carbocycles. The minimum absolute atomic E-state index is 0.499. The number of hydrogen-bond donors (Lipinski definition) is 4. The van der Waals surface area contributed by atoms with Gasteiger partial charge < -0.3 is 20.4 Å². The summed E-state index contributed by atoms with van der Waals surface area (Å²) in [4.78, 5) is 4.64. The van der Waals surface area contributed by atoms with Gasteiger partial charge in [0.25, 0.3) is 0 Å². The van der Waals surface area contributed by atoms with Gasteiger partial charge in [-0.1, -0.05) is 6.92 Å². The number of hydrazone groups is 2. The fourth-order valence-electron chi connectivity index (χ4n) is 2.36. The van der Waals surface area contributed by atoms with Crippen LogP contribution in [0.15, 0.2) is 10.2 Å². The molecule has 0 spiro atoms. The topological polar surface area (TPSA) is 79.3 Å². The van der Waals surface area contributed by atoms with Gasteiger partial charge in [-0.2, -0.15) is 10.2 Å². The van der Waals surface area contributed by atoms with Crippen molar-refractivity contribution in [1.29, 1.82) is 0 Å². The van der Waals surface area contributed by atoms with Crippen molar-refractivity contribution in [2.24, 2.45) is 10.2 Å². The van der Waals surface area contributed by atoms with Gasteiger partial charge in [-0.05, 0) is 77.8 Å². The summed E-state index contributed by atoms with van der Waals surface area (Å²) in [6.45, 7) is 12.8. The first-order chi connectivity index (χ1) is 12.9. The highest BCUT2D eigenvalue weighted by Gasteiger charge is 2.10. The highest BCUT2D eigenvalue weighted by atomic mass is 32.1. The molecule has 0 bridgehead atoms. The average Bonchev–Trinajstić information content (AvgIpc) is 3.17. The average molecular weight is 415 g/mol. The Bertz CT molecular complexity index is 529. The molecule has 0 atom stereocenters. The fourth-order valence-corrected chi connectivity index (χ4v) is 2.66. The molecule has 1 saturated heterocycles. The van der Waals surface area contributed by atoms with Crippen LogP contribution in [0.3, 0.4) is 0 Å². The van der Waals surface area contributed by atoms with Crippen molar-refractivity contribution in [1.82, 2.24) is 31.3 Å². The third kappa shape index (κ3) is 11.2. The lowest BCUT2D eigenvalue weighted by atomic mass is 10.3. The molecule has 154 valence electrons. The van der Waals surface area contributed by atoms with E-state index in [1.807, 2.05) is 13.8 Å². The van der Waals surface area contributed by atoms with Crippen LogP contribution < -0.4 is 21.5 Å². The standard InChI is InChI=1S/C17H34N8S2/c1-5-24(4)12-8-18-16(26)22-20-14(2)15(3)21-23-17(27)19-9-13-25-10-6-7-11-25/h5-13H2,1-4H3,(H2,18,22,26)(H2,19,23,27)/b20-14+,21-15+. The molecule has 1 heterocycles. The van der Waals surface area contributed by atoms with E-state index in [-0.39, 0.29) is 0 Å². The molecule has 0 aliphatic carbocycles. The lowest BCUT2D eigenvalue weighted by molar-refractivity contribution is 0.343. The summed E-state index contributed by atoms with van der Waals surface area (Å²) in [5, 5.41) is 15.8. The van der Waals surface area contributed by atoms with Gasteiger partial charge in [0, 0.05) is 26.2 Å². The second-order valence-electron chi connectivity index (χ2n) is 6.57. The Morgan fingerprint density at radius 3 is 2.00 bits per heavy atom. The fraction of sp³-hybridized carbons (Fsp3) is 0.765. The maximum Gasteiger partial charge on any atom is 0.187 e. The number of nitrogens with zero attached hydrogens (tertiary/aromatic N) is 4. The summed E-state index contributed by atoms with van der Waals surface area (Å²) in [5.74, 6) is 0. The molecule has 0 unspecified atom stereocenters. The summed E-state index contributed by atoms with van der Waals surface area (Å²) in [7, 11) is 2.07. The maximum atomic E-state index is 5.25. The summed E-state index contributed by atoms with van der Waals surface area (Å²) in [6, 6.07) is 0. The van der Waals surface area contributed by atoms with E-state index < -0.39 is 0 Å². The number of likely N-dealkylation sites (N-methyl/N-ethyl adjacent to an activating group) is 1. The van der Waals surface area contributed by atoms with E-state index in [9.17, 15) is 0 Å². The van der Waals surface area contributed by atoms with Crippen LogP contribution >= 0.6 is 24.4 Å². The molecule has 0 radical (unpaired) electrons. The van der Waals surface area contributed by atoms with Crippen molar-refractivity contribution in [3.63, 3.8) is 0 Å². The van der Waals surface area contributed by atoms with Crippen LogP contribution in [0, 0.1) is 0 Å². The number of hydrogen-bond acceptors (Lipinski definition) is 6. The molecule has 10 heteroatoms. The first-order valence-corrected chi connectivity index (χ1v) is 10.3. The summed E-state index contributed by atoms with van der Waals surface area (Å²) < 4.78 is 0. The van der Waals surface area contributed by atoms with Crippen LogP contribution in [0.5, 0.6) is 0 Å². The molecule has 1 aliphatic rings. The van der Waals surface area contributed by atoms with Crippen LogP contribution in [0.25, 0.3) is 0 Å². The van der Waals surface area contributed by atoms with Crippen LogP contribution in [-0.4, -0.2) is 84.3 Å². The zero-order valence-electron chi connectivity index (χ0n) is 17.0. The Balaban J connectivity index is 2.23. The third-order valence-corrected chi connectivity index (χ3v) is 4.88. The van der Waals surface area contributed by atoms with Crippen LogP contribution in [-0.2, 0) is 0 Å². The molecule has 8 nitrogen and oxygen atoms in total. The van der Waals surface area contributed by atoms with E-state index in [1.54, 1.807) is 0 Å². The predicted molar refractivity (Wildman–Crippen MR) is 123 cm³/mol. The van der Waals surface area contributed by atoms with E-state index in [2.05, 4.69) is 55.5 Å². The highest BCUT2D eigenvalue weighted by Crippen LogP contribution is 2.05. The first-order valence-electron chi connectivity index (χ1n) is 9.50. The van der Waals surface area contributed by atoms with E-state index in [4.69, 9.17) is 24.4 Å². The number of likely N-dealkylation sites (tertiary alicyclic amines) is 1. The molecule has 1 aliphatic heterocycles. The van der Waals surface area contributed by atoms with E-state index >= 15 is 0 Å². The Labute approximate surface area is 174 Å². The zero-order valence-corrected chi connectivity index (χ0v) is 18.6. The molecule has 0 aromatic rings. The van der Waals surface area contributed by atoms with Gasteiger partial charge in [0.2, 0.25) is 0 Å². The Morgan fingerprint density at radius 2 is 1.48 bits per heavy atom. The van der Waals surface area contributed by atoms with Crippen LogP contribution in [0.2, 0.25) is 0 Å². The molecular formula is C17H34N8S2. The van der Waals surface area contributed by atoms with Gasteiger partial charge in [0.1, 0.15) is 0 Å². The highest BCUT2D eigenvalue weighted by molar-refractivity contribution is 7.80. The van der Waals surface area contributed by atoms with Crippen molar-refractivity contribution in [3.8, 4) is 0 Å². The van der Waals surface area contributed by atoms with Crippen molar-refractivity contribution >= 4 is 46.1 Å². The molecule has 0 aromatic heterocycles. The van der Waals surface area contributed by atoms with Crippen molar-refractivity contribution < 1.29 is 0 Å². The van der Waals surface area contributed by atoms with Gasteiger partial charge in [0.15, 0.2) is 10.2 Å². The van der Waals surface area contributed by atoms with Gasteiger partial charge in [-0.25, -0.2) is 0 Å². The summed E-state index contributed by atoms with van der Waals surface area (Å²) in [5.41, 5.74) is 7.16. The molecule has 1 rings (SSSR count). The molecule has 0 amide bonds. The lowest BCUT2D eigenvalue weighted by Gasteiger charge is -2.15. The summed E-state index contributed by atoms with van der Waals surface area (Å²) in [6.07, 6.45) is 2.60. The number of rotatable bonds is 10. The minimum atomic E-state index is 0.499. The van der Waals surface area contributed by atoms with Crippen molar-refractivity contribution in [3.05, 3.63) is 0 Å². The number of nitrogens with one attached hydrogen (secondary N) is 4. The normalized spacial score (nSPS) is 15.7. The van der Waals surface area contributed by atoms with Gasteiger partial charge in [0.05, 0.1) is 11.4 Å². The van der Waals surface area contributed by atoms with Crippen molar-refractivity contribution in [2.45, 2.75) is 33.6 Å². The predicted octanol–water partition coefficient (Wildman–Crippen LogP) is 0.714. The minimum Gasteiger partial charge on any atom is -0.360 e. The molecule has 27 heavy (non-hydrogen) atoms. The molecule has 4 N–H and O–H groups in total. The Kier molecular flexibility index (Phi) is 12.1. The van der Waals surface area contributed by atoms with Crippen LogP contribution in [0.4, 0.5) is 0 Å².